The molecule has 1 fully saturated rings. The molecule has 0 spiro atoms. The molecular weight excluding hydrogens is 317 g/mol. The van der Waals surface area contributed by atoms with E-state index in [-0.39, 0.29) is 5.91 Å². The number of aromatic amines is 1. The van der Waals surface area contributed by atoms with Crippen LogP contribution in [0.5, 0.6) is 0 Å². The minimum atomic E-state index is 0.126. The third-order valence-electron chi connectivity index (χ3n) is 2.94. The number of hydrogen-bond acceptors (Lipinski definition) is 2. The van der Waals surface area contributed by atoms with Gasteiger partial charge in [0.25, 0.3) is 5.91 Å². The highest BCUT2D eigenvalue weighted by atomic mass is 127. The highest BCUT2D eigenvalue weighted by molar-refractivity contribution is 14.1. The zero-order chi connectivity index (χ0) is 11.5. The number of carbonyl (C=O) groups is 1. The topological polar surface area (TPSA) is 48.1 Å². The van der Waals surface area contributed by atoms with Crippen molar-refractivity contribution in [3.8, 4) is 0 Å². The largest absolute Gasteiger partial charge is 0.356 e. The van der Waals surface area contributed by atoms with Crippen LogP contribution in [0.3, 0.4) is 0 Å². The molecule has 4 nitrogen and oxygen atoms in total. The van der Waals surface area contributed by atoms with Crippen molar-refractivity contribution in [2.75, 3.05) is 26.7 Å². The Balaban J connectivity index is 1.97. The number of amides is 1. The Labute approximate surface area is 109 Å². The summed E-state index contributed by atoms with van der Waals surface area (Å²) in [6.45, 7) is 2.74. The van der Waals surface area contributed by atoms with Gasteiger partial charge in [-0.25, -0.2) is 0 Å². The van der Waals surface area contributed by atoms with Gasteiger partial charge in [-0.1, -0.05) is 0 Å². The zero-order valence-electron chi connectivity index (χ0n) is 9.29. The van der Waals surface area contributed by atoms with Crippen molar-refractivity contribution in [3.63, 3.8) is 0 Å². The lowest BCUT2D eigenvalue weighted by atomic mass is 10.1. The van der Waals surface area contributed by atoms with Gasteiger partial charge in [0.05, 0.1) is 0 Å². The molecule has 88 valence electrons. The van der Waals surface area contributed by atoms with Gasteiger partial charge in [0.2, 0.25) is 0 Å². The number of hydrogen-bond donors (Lipinski definition) is 2. The van der Waals surface area contributed by atoms with Crippen LogP contribution in [0.25, 0.3) is 0 Å². The van der Waals surface area contributed by atoms with Gasteiger partial charge < -0.3 is 15.2 Å². The lowest BCUT2D eigenvalue weighted by Crippen LogP contribution is -2.30. The highest BCUT2D eigenvalue weighted by Crippen LogP contribution is 2.18. The first-order valence-electron chi connectivity index (χ1n) is 5.48. The number of rotatable bonds is 3. The molecule has 1 aromatic heterocycles. The average molecular weight is 333 g/mol. The molecule has 2 heterocycles. The number of aromatic nitrogens is 1. The maximum atomic E-state index is 12.1. The van der Waals surface area contributed by atoms with Crippen molar-refractivity contribution >= 4 is 28.5 Å². The van der Waals surface area contributed by atoms with Crippen molar-refractivity contribution in [1.82, 2.24) is 15.2 Å². The third-order valence-corrected chi connectivity index (χ3v) is 3.57. The Morgan fingerprint density at radius 2 is 2.56 bits per heavy atom. The molecule has 16 heavy (non-hydrogen) atoms. The first-order valence-corrected chi connectivity index (χ1v) is 6.56. The average Bonchev–Trinajstić information content (AvgIpc) is 2.87. The quantitative estimate of drug-likeness (QED) is 0.820. The molecule has 0 saturated carbocycles. The smallest absolute Gasteiger partial charge is 0.270 e. The summed E-state index contributed by atoms with van der Waals surface area (Å²) in [6, 6.07) is 1.90. The number of halogens is 1. The standard InChI is InChI=1S/C11H16IN3O/c1-13-5-8-2-3-15(7-8)11(16)10-4-9(12)6-14-10/h4,6,8,13-14H,2-3,5,7H2,1H3. The summed E-state index contributed by atoms with van der Waals surface area (Å²) < 4.78 is 1.08. The Bertz CT molecular complexity index is 377. The summed E-state index contributed by atoms with van der Waals surface area (Å²) in [5, 5.41) is 3.17. The van der Waals surface area contributed by atoms with Crippen LogP contribution < -0.4 is 5.32 Å². The molecule has 2 rings (SSSR count). The second-order valence-corrected chi connectivity index (χ2v) is 5.44. The van der Waals surface area contributed by atoms with E-state index in [1.807, 2.05) is 24.2 Å². The number of likely N-dealkylation sites (tertiary alicyclic amines) is 1. The molecule has 1 atom stereocenters. The van der Waals surface area contributed by atoms with Gasteiger partial charge in [-0.2, -0.15) is 0 Å². The van der Waals surface area contributed by atoms with Crippen LogP contribution in [0.2, 0.25) is 0 Å². The summed E-state index contributed by atoms with van der Waals surface area (Å²) in [5.74, 6) is 0.726. The van der Waals surface area contributed by atoms with Gasteiger partial charge >= 0.3 is 0 Å². The van der Waals surface area contributed by atoms with Crippen LogP contribution >= 0.6 is 22.6 Å². The predicted octanol–water partition coefficient (Wildman–Crippen LogP) is 1.30. The molecule has 5 heteroatoms. The van der Waals surface area contributed by atoms with Gasteiger partial charge in [0.15, 0.2) is 0 Å². The first kappa shape index (κ1) is 11.9. The van der Waals surface area contributed by atoms with E-state index in [0.717, 1.165) is 29.6 Å². The fourth-order valence-corrected chi connectivity index (χ4v) is 2.60. The second kappa shape index (κ2) is 5.18. The number of nitrogens with zero attached hydrogens (tertiary/aromatic N) is 1. The lowest BCUT2D eigenvalue weighted by molar-refractivity contribution is 0.0782. The van der Waals surface area contributed by atoms with Crippen LogP contribution in [0.15, 0.2) is 12.3 Å². The summed E-state index contributed by atoms with van der Waals surface area (Å²) in [7, 11) is 1.96. The van der Waals surface area contributed by atoms with E-state index < -0.39 is 0 Å². The van der Waals surface area contributed by atoms with Crippen LogP contribution in [-0.2, 0) is 0 Å². The molecule has 1 saturated heterocycles. The van der Waals surface area contributed by atoms with Crippen LogP contribution in [0.4, 0.5) is 0 Å². The summed E-state index contributed by atoms with van der Waals surface area (Å²) in [5.41, 5.74) is 0.703. The van der Waals surface area contributed by atoms with E-state index in [4.69, 9.17) is 0 Å². The van der Waals surface area contributed by atoms with Crippen molar-refractivity contribution < 1.29 is 4.79 Å². The van der Waals surface area contributed by atoms with Gasteiger partial charge in [-0.05, 0) is 54.6 Å². The number of nitrogens with one attached hydrogen (secondary N) is 2. The molecule has 0 aromatic carbocycles. The van der Waals surface area contributed by atoms with Crippen molar-refractivity contribution in [2.45, 2.75) is 6.42 Å². The second-order valence-electron chi connectivity index (χ2n) is 4.20. The number of carbonyl (C=O) groups excluding carboxylic acids is 1. The molecule has 2 N–H and O–H groups in total. The van der Waals surface area contributed by atoms with E-state index in [1.165, 1.54) is 0 Å². The summed E-state index contributed by atoms with van der Waals surface area (Å²) in [6.07, 6.45) is 2.96. The fourth-order valence-electron chi connectivity index (χ4n) is 2.13. The van der Waals surface area contributed by atoms with E-state index in [1.54, 1.807) is 0 Å². The molecule has 0 bridgehead atoms. The maximum absolute atomic E-state index is 12.1. The van der Waals surface area contributed by atoms with Crippen molar-refractivity contribution in [2.24, 2.45) is 5.92 Å². The van der Waals surface area contributed by atoms with Crippen molar-refractivity contribution in [1.29, 1.82) is 0 Å². The van der Waals surface area contributed by atoms with Gasteiger partial charge in [0.1, 0.15) is 5.69 Å². The molecule has 1 aliphatic rings. The molecular formula is C11H16IN3O. The Morgan fingerprint density at radius 3 is 3.19 bits per heavy atom. The van der Waals surface area contributed by atoms with Gasteiger partial charge in [0, 0.05) is 22.9 Å². The van der Waals surface area contributed by atoms with Crippen LogP contribution in [-0.4, -0.2) is 42.5 Å². The van der Waals surface area contributed by atoms with Gasteiger partial charge in [-0.3, -0.25) is 4.79 Å². The lowest BCUT2D eigenvalue weighted by Gasteiger charge is -2.15. The normalized spacial score (nSPS) is 20.4. The monoisotopic (exact) mass is 333 g/mol. The van der Waals surface area contributed by atoms with Crippen LogP contribution in [0, 0.1) is 9.49 Å². The SMILES string of the molecule is CNCC1CCN(C(=O)c2cc(I)c[nH]2)C1. The van der Waals surface area contributed by atoms with Crippen LogP contribution in [0.1, 0.15) is 16.9 Å². The predicted molar refractivity (Wildman–Crippen MR) is 71.4 cm³/mol. The Morgan fingerprint density at radius 1 is 1.75 bits per heavy atom. The molecule has 1 amide bonds. The van der Waals surface area contributed by atoms with E-state index in [0.29, 0.717) is 11.6 Å². The van der Waals surface area contributed by atoms with E-state index in [2.05, 4.69) is 32.9 Å². The zero-order valence-corrected chi connectivity index (χ0v) is 11.5. The Kier molecular flexibility index (Phi) is 3.86. The van der Waals surface area contributed by atoms with Gasteiger partial charge in [-0.15, -0.1) is 0 Å². The maximum Gasteiger partial charge on any atom is 0.270 e. The first-order chi connectivity index (χ1) is 7.70. The minimum absolute atomic E-state index is 0.126. The molecule has 1 aliphatic heterocycles. The van der Waals surface area contributed by atoms with Crippen molar-refractivity contribution in [3.05, 3.63) is 21.5 Å². The third kappa shape index (κ3) is 2.57. The summed E-state index contributed by atoms with van der Waals surface area (Å²) in [4.78, 5) is 17.0. The molecule has 0 aliphatic carbocycles. The number of H-pyrrole nitrogens is 1. The molecule has 0 radical (unpaired) electrons. The highest BCUT2D eigenvalue weighted by Gasteiger charge is 2.26. The Hall–Kier alpha value is -0.560. The van der Waals surface area contributed by atoms with E-state index >= 15 is 0 Å². The minimum Gasteiger partial charge on any atom is -0.356 e. The fraction of sp³-hybridized carbons (Fsp3) is 0.545. The molecule has 1 aromatic rings. The molecule has 1 unspecified atom stereocenters. The van der Waals surface area contributed by atoms with E-state index in [9.17, 15) is 4.79 Å². The summed E-state index contributed by atoms with van der Waals surface area (Å²) >= 11 is 2.20.